The first-order valence-electron chi connectivity index (χ1n) is 13.1. The summed E-state index contributed by atoms with van der Waals surface area (Å²) in [5, 5.41) is 6.61. The number of amides is 1. The van der Waals surface area contributed by atoms with Gasteiger partial charge in [-0.1, -0.05) is 60.7 Å². The van der Waals surface area contributed by atoms with Crippen molar-refractivity contribution < 1.29 is 9.53 Å². The fourth-order valence-corrected chi connectivity index (χ4v) is 5.23. The van der Waals surface area contributed by atoms with Gasteiger partial charge in [-0.05, 0) is 48.2 Å². The molecule has 6 heteroatoms. The zero-order valence-electron chi connectivity index (χ0n) is 22.1. The molecule has 0 radical (unpaired) electrons. The molecule has 0 unspecified atom stereocenters. The van der Waals surface area contributed by atoms with Crippen LogP contribution in [0.5, 0.6) is 5.75 Å². The second kappa shape index (κ2) is 11.3. The Kier molecular flexibility index (Phi) is 7.68. The van der Waals surface area contributed by atoms with Gasteiger partial charge in [0, 0.05) is 44.7 Å². The predicted octanol–water partition coefficient (Wildman–Crippen LogP) is 4.81. The molecule has 1 saturated heterocycles. The van der Waals surface area contributed by atoms with Gasteiger partial charge in [-0.25, -0.2) is 5.01 Å². The Morgan fingerprint density at radius 2 is 1.59 bits per heavy atom. The monoisotopic (exact) mass is 496 g/mol. The smallest absolute Gasteiger partial charge is 0.257 e. The van der Waals surface area contributed by atoms with E-state index in [1.54, 1.807) is 12.1 Å². The highest BCUT2D eigenvalue weighted by atomic mass is 16.5. The van der Waals surface area contributed by atoms with Crippen LogP contribution < -0.4 is 4.74 Å². The summed E-state index contributed by atoms with van der Waals surface area (Å²) >= 11 is 0. The lowest BCUT2D eigenvalue weighted by atomic mass is 9.96. The number of aryl methyl sites for hydroxylation is 2. The molecular formula is C31H36N4O2. The van der Waals surface area contributed by atoms with Crippen molar-refractivity contribution in [3.05, 3.63) is 101 Å². The number of hydrogen-bond donors (Lipinski definition) is 0. The summed E-state index contributed by atoms with van der Waals surface area (Å²) in [6.45, 7) is 9.21. The van der Waals surface area contributed by atoms with Gasteiger partial charge < -0.3 is 4.74 Å². The molecule has 1 fully saturated rings. The largest absolute Gasteiger partial charge is 0.496 e. The van der Waals surface area contributed by atoms with Crippen molar-refractivity contribution >= 4 is 11.6 Å². The molecule has 0 aliphatic carbocycles. The van der Waals surface area contributed by atoms with E-state index in [1.807, 2.05) is 24.3 Å². The van der Waals surface area contributed by atoms with Gasteiger partial charge in [0.2, 0.25) is 0 Å². The highest BCUT2D eigenvalue weighted by Crippen LogP contribution is 2.37. The lowest BCUT2D eigenvalue weighted by Crippen LogP contribution is -2.49. The molecule has 1 amide bonds. The number of ether oxygens (including phenoxy) is 1. The van der Waals surface area contributed by atoms with Gasteiger partial charge >= 0.3 is 0 Å². The summed E-state index contributed by atoms with van der Waals surface area (Å²) in [6, 6.07) is 24.8. The van der Waals surface area contributed by atoms with E-state index in [2.05, 4.69) is 72.2 Å². The van der Waals surface area contributed by atoms with E-state index in [4.69, 9.17) is 9.84 Å². The second-order valence-electron chi connectivity index (χ2n) is 10.1. The van der Waals surface area contributed by atoms with Crippen molar-refractivity contribution in [2.45, 2.75) is 32.9 Å². The Bertz CT molecular complexity index is 1270. The molecule has 0 N–H and O–H groups in total. The standard InChI is InChI=1S/C31H36N4O2/c1-23-13-14-26(19-24(23)2)28-20-29(27-11-7-8-12-30(27)37-3)35(32-28)31(36)22-34-17-15-33(16-18-34)21-25-9-5-4-6-10-25/h4-14,19,29H,15-18,20-22H2,1-3H3/t29-/m0/s1. The highest BCUT2D eigenvalue weighted by Gasteiger charge is 2.35. The topological polar surface area (TPSA) is 48.4 Å². The van der Waals surface area contributed by atoms with E-state index in [9.17, 15) is 4.79 Å². The molecule has 37 heavy (non-hydrogen) atoms. The van der Waals surface area contributed by atoms with Crippen LogP contribution in [0.4, 0.5) is 0 Å². The van der Waals surface area contributed by atoms with Crippen LogP contribution in [0.15, 0.2) is 77.9 Å². The molecule has 2 heterocycles. The quantitative estimate of drug-likeness (QED) is 0.471. The molecule has 0 aromatic heterocycles. The van der Waals surface area contributed by atoms with Crippen molar-refractivity contribution in [1.29, 1.82) is 0 Å². The molecule has 2 aliphatic heterocycles. The van der Waals surface area contributed by atoms with Crippen molar-refractivity contribution in [2.24, 2.45) is 5.10 Å². The Labute approximate surface area is 220 Å². The van der Waals surface area contributed by atoms with Gasteiger partial charge in [0.25, 0.3) is 5.91 Å². The summed E-state index contributed by atoms with van der Waals surface area (Å²) in [5.41, 5.74) is 6.83. The van der Waals surface area contributed by atoms with Gasteiger partial charge in [-0.15, -0.1) is 0 Å². The van der Waals surface area contributed by atoms with Crippen molar-refractivity contribution in [3.8, 4) is 5.75 Å². The molecule has 192 valence electrons. The van der Waals surface area contributed by atoms with Gasteiger partial charge in [0.1, 0.15) is 5.75 Å². The third-order valence-corrected chi connectivity index (χ3v) is 7.58. The summed E-state index contributed by atoms with van der Waals surface area (Å²) in [7, 11) is 1.68. The third kappa shape index (κ3) is 5.76. The Morgan fingerprint density at radius 3 is 2.32 bits per heavy atom. The SMILES string of the molecule is COc1ccccc1[C@@H]1CC(c2ccc(C)c(C)c2)=NN1C(=O)CN1CCN(Cc2ccccc2)CC1. The number of nitrogens with zero attached hydrogens (tertiary/aromatic N) is 4. The highest BCUT2D eigenvalue weighted by molar-refractivity contribution is 6.03. The van der Waals surface area contributed by atoms with Crippen molar-refractivity contribution in [1.82, 2.24) is 14.8 Å². The molecule has 0 spiro atoms. The van der Waals surface area contributed by atoms with E-state index in [1.165, 1.54) is 16.7 Å². The van der Waals surface area contributed by atoms with Gasteiger partial charge in [0.05, 0.1) is 25.4 Å². The van der Waals surface area contributed by atoms with Crippen LogP contribution in [0.2, 0.25) is 0 Å². The summed E-state index contributed by atoms with van der Waals surface area (Å²) < 4.78 is 5.67. The molecule has 1 atom stereocenters. The minimum absolute atomic E-state index is 0.0336. The minimum atomic E-state index is -0.181. The van der Waals surface area contributed by atoms with Crippen LogP contribution in [0.3, 0.4) is 0 Å². The van der Waals surface area contributed by atoms with Gasteiger partial charge in [-0.2, -0.15) is 5.10 Å². The Balaban J connectivity index is 1.31. The van der Waals surface area contributed by atoms with E-state index in [-0.39, 0.29) is 11.9 Å². The van der Waals surface area contributed by atoms with E-state index in [0.29, 0.717) is 13.0 Å². The first kappa shape index (κ1) is 25.2. The molecule has 0 saturated carbocycles. The van der Waals surface area contributed by atoms with Gasteiger partial charge in [0.15, 0.2) is 0 Å². The number of hydrazone groups is 1. The number of methoxy groups -OCH3 is 1. The van der Waals surface area contributed by atoms with E-state index < -0.39 is 0 Å². The maximum atomic E-state index is 13.7. The average Bonchev–Trinajstić information content (AvgIpc) is 3.37. The molecule has 6 nitrogen and oxygen atoms in total. The van der Waals surface area contributed by atoms with Crippen LogP contribution in [0, 0.1) is 13.8 Å². The van der Waals surface area contributed by atoms with Crippen LogP contribution in [-0.2, 0) is 11.3 Å². The maximum Gasteiger partial charge on any atom is 0.257 e. The first-order chi connectivity index (χ1) is 18.0. The average molecular weight is 497 g/mol. The number of carbonyl (C=O) groups excluding carboxylic acids is 1. The molecule has 2 aliphatic rings. The lowest BCUT2D eigenvalue weighted by Gasteiger charge is -2.35. The normalized spacial score (nSPS) is 18.6. The van der Waals surface area contributed by atoms with Crippen LogP contribution in [-0.4, -0.2) is 66.3 Å². The zero-order valence-corrected chi connectivity index (χ0v) is 22.1. The van der Waals surface area contributed by atoms with Crippen molar-refractivity contribution in [2.75, 3.05) is 39.8 Å². The van der Waals surface area contributed by atoms with Crippen molar-refractivity contribution in [3.63, 3.8) is 0 Å². The molecule has 0 bridgehead atoms. The first-order valence-corrected chi connectivity index (χ1v) is 13.1. The minimum Gasteiger partial charge on any atom is -0.496 e. The zero-order chi connectivity index (χ0) is 25.8. The Hall–Kier alpha value is -3.48. The molecule has 5 rings (SSSR count). The summed E-state index contributed by atoms with van der Waals surface area (Å²) in [6.07, 6.45) is 0.666. The molecule has 3 aromatic rings. The fraction of sp³-hybridized carbons (Fsp3) is 0.355. The Morgan fingerprint density at radius 1 is 0.892 bits per heavy atom. The predicted molar refractivity (Wildman–Crippen MR) is 148 cm³/mol. The van der Waals surface area contributed by atoms with Crippen LogP contribution >= 0.6 is 0 Å². The number of rotatable bonds is 7. The maximum absolute atomic E-state index is 13.7. The fourth-order valence-electron chi connectivity index (χ4n) is 5.23. The number of carbonyl (C=O) groups is 1. The van der Waals surface area contributed by atoms with Crippen LogP contribution in [0.1, 0.15) is 40.3 Å². The number of para-hydroxylation sites is 1. The van der Waals surface area contributed by atoms with Gasteiger partial charge in [-0.3, -0.25) is 14.6 Å². The summed E-state index contributed by atoms with van der Waals surface area (Å²) in [5.74, 6) is 0.822. The van der Waals surface area contributed by atoms with Crippen LogP contribution in [0.25, 0.3) is 0 Å². The second-order valence-corrected chi connectivity index (χ2v) is 10.1. The summed E-state index contributed by atoms with van der Waals surface area (Å²) in [4.78, 5) is 18.4. The number of piperazine rings is 1. The number of hydrogen-bond acceptors (Lipinski definition) is 5. The molecule has 3 aromatic carbocycles. The van der Waals surface area contributed by atoms with E-state index >= 15 is 0 Å². The number of benzene rings is 3. The lowest BCUT2D eigenvalue weighted by molar-refractivity contribution is -0.134. The van der Waals surface area contributed by atoms with E-state index in [0.717, 1.165) is 55.3 Å². The third-order valence-electron chi connectivity index (χ3n) is 7.58. The molecular weight excluding hydrogens is 460 g/mol.